The molecule has 3 rings (SSSR count). The van der Waals surface area contributed by atoms with Crippen molar-refractivity contribution in [1.29, 1.82) is 0 Å². The van der Waals surface area contributed by atoms with Crippen LogP contribution < -0.4 is 0 Å². The predicted molar refractivity (Wildman–Crippen MR) is 135 cm³/mol. The van der Waals surface area contributed by atoms with Crippen molar-refractivity contribution in [2.75, 3.05) is 7.11 Å². The monoisotopic (exact) mass is 517 g/mol. The van der Waals surface area contributed by atoms with Gasteiger partial charge in [-0.1, -0.05) is 45.0 Å². The number of esters is 1. The van der Waals surface area contributed by atoms with Crippen LogP contribution in [-0.2, 0) is 35.0 Å². The third kappa shape index (κ3) is 6.81. The minimum Gasteiger partial charge on any atom is -0.469 e. The van der Waals surface area contributed by atoms with E-state index < -0.39 is 11.7 Å². The Morgan fingerprint density at radius 3 is 2.28 bits per heavy atom. The van der Waals surface area contributed by atoms with Gasteiger partial charge in [0.25, 0.3) is 0 Å². The minimum atomic E-state index is -4.38. The van der Waals surface area contributed by atoms with Gasteiger partial charge >= 0.3 is 12.1 Å². The van der Waals surface area contributed by atoms with Crippen molar-refractivity contribution in [1.82, 2.24) is 4.98 Å². The van der Waals surface area contributed by atoms with Gasteiger partial charge < -0.3 is 4.74 Å². The molecule has 0 unspecified atom stereocenters. The van der Waals surface area contributed by atoms with Gasteiger partial charge in [0.2, 0.25) is 0 Å². The zero-order valence-electron chi connectivity index (χ0n) is 20.9. The molecule has 1 aromatic heterocycles. The molecule has 0 amide bonds. The number of aryl methyl sites for hydroxylation is 3. The van der Waals surface area contributed by atoms with E-state index in [1.165, 1.54) is 30.6 Å². The van der Waals surface area contributed by atoms with Gasteiger partial charge in [0.15, 0.2) is 5.78 Å². The van der Waals surface area contributed by atoms with Crippen LogP contribution >= 0.6 is 11.3 Å². The Morgan fingerprint density at radius 1 is 1.00 bits per heavy atom. The largest absolute Gasteiger partial charge is 0.469 e. The minimum absolute atomic E-state index is 0.0170. The maximum atomic E-state index is 13.0. The average Bonchev–Trinajstić information content (AvgIpc) is 3.30. The van der Waals surface area contributed by atoms with Crippen molar-refractivity contribution in [2.24, 2.45) is 0 Å². The number of hydrogen-bond donors (Lipinski definition) is 0. The van der Waals surface area contributed by atoms with Crippen molar-refractivity contribution in [3.05, 3.63) is 75.3 Å². The van der Waals surface area contributed by atoms with Gasteiger partial charge in [0.1, 0.15) is 5.01 Å². The van der Waals surface area contributed by atoms with Crippen LogP contribution in [0.1, 0.15) is 77.2 Å². The van der Waals surface area contributed by atoms with Crippen molar-refractivity contribution < 1.29 is 27.5 Å². The molecule has 0 fully saturated rings. The zero-order chi connectivity index (χ0) is 26.5. The lowest BCUT2D eigenvalue weighted by atomic mass is 9.95. The second kappa shape index (κ2) is 11.8. The van der Waals surface area contributed by atoms with Crippen LogP contribution in [0, 0.1) is 0 Å². The van der Waals surface area contributed by atoms with Crippen molar-refractivity contribution in [3.8, 4) is 10.6 Å². The van der Waals surface area contributed by atoms with E-state index in [2.05, 4.69) is 0 Å². The third-order valence-electron chi connectivity index (χ3n) is 6.05. The van der Waals surface area contributed by atoms with E-state index >= 15 is 0 Å². The average molecular weight is 518 g/mol. The fourth-order valence-corrected chi connectivity index (χ4v) is 5.22. The summed E-state index contributed by atoms with van der Waals surface area (Å²) in [5.41, 5.74) is 3.51. The Morgan fingerprint density at radius 2 is 1.69 bits per heavy atom. The number of aromatic nitrogens is 1. The summed E-state index contributed by atoms with van der Waals surface area (Å²) >= 11 is 1.42. The molecule has 3 aromatic rings. The summed E-state index contributed by atoms with van der Waals surface area (Å²) in [6.07, 6.45) is -1.96. The molecule has 0 saturated carbocycles. The molecule has 0 radical (unpaired) electrons. The number of ketones is 1. The lowest BCUT2D eigenvalue weighted by molar-refractivity contribution is -0.140. The first-order valence-corrected chi connectivity index (χ1v) is 12.7. The van der Waals surface area contributed by atoms with Crippen LogP contribution in [0.2, 0.25) is 0 Å². The highest BCUT2D eigenvalue weighted by molar-refractivity contribution is 7.15. The molecule has 0 spiro atoms. The molecule has 36 heavy (non-hydrogen) atoms. The molecule has 2 aromatic carbocycles. The summed E-state index contributed by atoms with van der Waals surface area (Å²) < 4.78 is 43.4. The van der Waals surface area contributed by atoms with Crippen LogP contribution in [0.4, 0.5) is 13.2 Å². The number of alkyl halides is 3. The predicted octanol–water partition coefficient (Wildman–Crippen LogP) is 7.44. The standard InChI is InChI=1S/C28H30F3NO3S/c1-5-18-16-21(7-6-19(18)10-15-25(34)35-4)23(33)13-14-24-26(17(2)3)32-27(36-24)20-8-11-22(12-9-20)28(29,30)31/h6-9,11-12,16-17H,5,10,13-15H2,1-4H3. The molecule has 0 aliphatic rings. The van der Waals surface area contributed by atoms with Crippen LogP contribution in [0.25, 0.3) is 10.6 Å². The molecule has 0 N–H and O–H groups in total. The number of hydrogen-bond acceptors (Lipinski definition) is 5. The maximum Gasteiger partial charge on any atom is 0.416 e. The number of Topliss-reactive ketones (excluding diaryl/α,β-unsaturated/α-hetero) is 1. The van der Waals surface area contributed by atoms with Gasteiger partial charge in [-0.3, -0.25) is 9.59 Å². The van der Waals surface area contributed by atoms with Crippen molar-refractivity contribution >= 4 is 23.1 Å². The van der Waals surface area contributed by atoms with Crippen molar-refractivity contribution in [3.63, 3.8) is 0 Å². The molecule has 1 heterocycles. The maximum absolute atomic E-state index is 13.0. The topological polar surface area (TPSA) is 56.3 Å². The Bertz CT molecular complexity index is 1210. The van der Waals surface area contributed by atoms with Crippen LogP contribution in [0.5, 0.6) is 0 Å². The van der Waals surface area contributed by atoms with Gasteiger partial charge in [0.05, 0.1) is 18.4 Å². The van der Waals surface area contributed by atoms with E-state index in [1.807, 2.05) is 32.9 Å². The fourth-order valence-electron chi connectivity index (χ4n) is 4.00. The molecule has 4 nitrogen and oxygen atoms in total. The SMILES string of the molecule is CCc1cc(C(=O)CCc2sc(-c3ccc(C(F)(F)F)cc3)nc2C(C)C)ccc1CCC(=O)OC. The van der Waals surface area contributed by atoms with Gasteiger partial charge in [-0.05, 0) is 54.5 Å². The van der Waals surface area contributed by atoms with E-state index in [1.54, 1.807) is 6.07 Å². The van der Waals surface area contributed by atoms with E-state index in [-0.39, 0.29) is 17.7 Å². The number of rotatable bonds is 10. The molecule has 8 heteroatoms. The van der Waals surface area contributed by atoms with E-state index in [9.17, 15) is 22.8 Å². The third-order valence-corrected chi connectivity index (χ3v) is 7.23. The van der Waals surface area contributed by atoms with Crippen LogP contribution in [0.15, 0.2) is 42.5 Å². The Labute approximate surface area is 213 Å². The highest BCUT2D eigenvalue weighted by Crippen LogP contribution is 2.35. The first-order valence-electron chi connectivity index (χ1n) is 11.9. The Hall–Kier alpha value is -3.00. The highest BCUT2D eigenvalue weighted by atomic mass is 32.1. The van der Waals surface area contributed by atoms with E-state index in [0.717, 1.165) is 40.3 Å². The summed E-state index contributed by atoms with van der Waals surface area (Å²) in [4.78, 5) is 30.1. The van der Waals surface area contributed by atoms with Crippen LogP contribution in [-0.4, -0.2) is 23.8 Å². The highest BCUT2D eigenvalue weighted by Gasteiger charge is 2.30. The summed E-state index contributed by atoms with van der Waals surface area (Å²) in [5, 5.41) is 0.651. The quantitative estimate of drug-likeness (QED) is 0.207. The molecule has 0 aliphatic carbocycles. The first kappa shape index (κ1) is 27.6. The number of carbonyl (C=O) groups is 2. The number of thiazole rings is 1. The summed E-state index contributed by atoms with van der Waals surface area (Å²) in [7, 11) is 1.37. The van der Waals surface area contributed by atoms with Gasteiger partial charge in [0, 0.05) is 28.8 Å². The van der Waals surface area contributed by atoms with E-state index in [0.29, 0.717) is 41.8 Å². The van der Waals surface area contributed by atoms with E-state index in [4.69, 9.17) is 9.72 Å². The second-order valence-corrected chi connectivity index (χ2v) is 9.98. The molecule has 0 saturated heterocycles. The number of halogens is 3. The summed E-state index contributed by atoms with van der Waals surface area (Å²) in [6, 6.07) is 10.6. The van der Waals surface area contributed by atoms with Crippen LogP contribution in [0.3, 0.4) is 0 Å². The first-order chi connectivity index (χ1) is 17.0. The number of carbonyl (C=O) groups excluding carboxylic acids is 2. The molecule has 192 valence electrons. The normalized spacial score (nSPS) is 11.7. The van der Waals surface area contributed by atoms with Crippen molar-refractivity contribution in [2.45, 2.75) is 65.0 Å². The fraction of sp³-hybridized carbons (Fsp3) is 0.393. The molecular weight excluding hydrogens is 487 g/mol. The van der Waals surface area contributed by atoms with Gasteiger partial charge in [-0.2, -0.15) is 13.2 Å². The molecule has 0 atom stereocenters. The molecule has 0 bridgehead atoms. The zero-order valence-corrected chi connectivity index (χ0v) is 21.7. The smallest absolute Gasteiger partial charge is 0.416 e. The number of benzene rings is 2. The Kier molecular flexibility index (Phi) is 9.06. The number of ether oxygens (including phenoxy) is 1. The Balaban J connectivity index is 1.74. The van der Waals surface area contributed by atoms with Gasteiger partial charge in [-0.15, -0.1) is 11.3 Å². The number of methoxy groups -OCH3 is 1. The lowest BCUT2D eigenvalue weighted by Gasteiger charge is -2.10. The summed E-state index contributed by atoms with van der Waals surface area (Å²) in [5.74, 6) is -0.128. The second-order valence-electron chi connectivity index (χ2n) is 8.89. The molecule has 0 aliphatic heterocycles. The van der Waals surface area contributed by atoms with Gasteiger partial charge in [-0.25, -0.2) is 4.98 Å². The summed E-state index contributed by atoms with van der Waals surface area (Å²) in [6.45, 7) is 6.04. The lowest BCUT2D eigenvalue weighted by Crippen LogP contribution is -2.06. The molecular formula is C28H30F3NO3S. The number of nitrogens with zero attached hydrogens (tertiary/aromatic N) is 1.